The Morgan fingerprint density at radius 2 is 2.15 bits per heavy atom. The maximum absolute atomic E-state index is 12.8. The topological polar surface area (TPSA) is 70.9 Å². The van der Waals surface area contributed by atoms with E-state index in [1.807, 2.05) is 4.98 Å². The predicted molar refractivity (Wildman–Crippen MR) is 35.0 cm³/mol. The lowest BCUT2D eigenvalue weighted by Crippen LogP contribution is -2.33. The average molecular weight is 197 g/mol. The number of hydrogen-bond donors (Lipinski definition) is 2. The van der Waals surface area contributed by atoms with Crippen LogP contribution in [0.5, 0.6) is 0 Å². The van der Waals surface area contributed by atoms with E-state index in [2.05, 4.69) is 5.10 Å². The minimum atomic E-state index is -3.27. The average Bonchev–Trinajstić information content (AvgIpc) is 2.48. The van der Waals surface area contributed by atoms with E-state index >= 15 is 0 Å². The van der Waals surface area contributed by atoms with Gasteiger partial charge in [0.1, 0.15) is 6.33 Å². The molecule has 5 nitrogen and oxygen atoms in total. The second-order valence-electron chi connectivity index (χ2n) is 2.24. The van der Waals surface area contributed by atoms with Gasteiger partial charge in [-0.2, -0.15) is 9.78 Å². The van der Waals surface area contributed by atoms with Crippen LogP contribution in [0, 0.1) is 0 Å². The van der Waals surface area contributed by atoms with Crippen molar-refractivity contribution in [2.75, 3.05) is 0 Å². The first-order chi connectivity index (χ1) is 6.04. The van der Waals surface area contributed by atoms with Gasteiger partial charge in [-0.3, -0.25) is 4.98 Å². The van der Waals surface area contributed by atoms with Crippen molar-refractivity contribution < 1.29 is 18.3 Å². The van der Waals surface area contributed by atoms with Crippen molar-refractivity contribution in [2.45, 2.75) is 18.8 Å². The summed E-state index contributed by atoms with van der Waals surface area (Å²) in [5.41, 5.74) is -0.993. The molecule has 13 heavy (non-hydrogen) atoms. The van der Waals surface area contributed by atoms with Crippen LogP contribution in [0.2, 0.25) is 0 Å². The van der Waals surface area contributed by atoms with Gasteiger partial charge in [0.15, 0.2) is 6.10 Å². The Hall–Kier alpha value is -1.31. The highest BCUT2D eigenvalue weighted by Crippen LogP contribution is 2.15. The number of aromatic amines is 1. The van der Waals surface area contributed by atoms with Crippen LogP contribution in [-0.4, -0.2) is 32.4 Å². The minimum Gasteiger partial charge on any atom is -0.382 e. The molecular formula is C5H6F3N3O2. The van der Waals surface area contributed by atoms with E-state index in [1.54, 1.807) is 0 Å². The molecule has 8 heteroatoms. The third kappa shape index (κ3) is 1.89. The van der Waals surface area contributed by atoms with E-state index in [1.165, 1.54) is 0 Å². The molecule has 0 amide bonds. The fraction of sp³-hybridized carbons (Fsp3) is 0.600. The fourth-order valence-corrected chi connectivity index (χ4v) is 0.705. The molecule has 1 aromatic heterocycles. The van der Waals surface area contributed by atoms with Crippen molar-refractivity contribution in [3.8, 4) is 0 Å². The highest BCUT2D eigenvalue weighted by Gasteiger charge is 2.30. The molecule has 1 unspecified atom stereocenters. The van der Waals surface area contributed by atoms with Gasteiger partial charge in [-0.1, -0.05) is 0 Å². The maximum Gasteiger partial charge on any atom is 0.345 e. The first-order valence-electron chi connectivity index (χ1n) is 3.26. The van der Waals surface area contributed by atoms with Gasteiger partial charge < -0.3 is 5.11 Å². The second-order valence-corrected chi connectivity index (χ2v) is 2.24. The van der Waals surface area contributed by atoms with Crippen LogP contribution in [-0.2, 0) is 0 Å². The molecule has 1 aromatic rings. The number of aliphatic hydroxyl groups is 1. The summed E-state index contributed by atoms with van der Waals surface area (Å²) in [5.74, 6) is 0. The number of nitrogens with one attached hydrogen (secondary N) is 1. The van der Waals surface area contributed by atoms with Crippen molar-refractivity contribution in [1.82, 2.24) is 14.8 Å². The maximum atomic E-state index is 12.8. The summed E-state index contributed by atoms with van der Waals surface area (Å²) in [7, 11) is 0. The van der Waals surface area contributed by atoms with Gasteiger partial charge in [-0.15, -0.1) is 0 Å². The zero-order valence-corrected chi connectivity index (χ0v) is 6.19. The number of alkyl halides is 3. The summed E-state index contributed by atoms with van der Waals surface area (Å²) < 4.78 is 36.5. The molecule has 0 radical (unpaired) electrons. The molecule has 0 spiro atoms. The Bertz CT molecular complexity index is 323. The molecule has 0 bridgehead atoms. The van der Waals surface area contributed by atoms with Crippen LogP contribution < -0.4 is 5.69 Å². The number of aromatic nitrogens is 3. The Balaban J connectivity index is 2.85. The highest BCUT2D eigenvalue weighted by molar-refractivity contribution is 4.70. The number of nitrogens with zero attached hydrogens (tertiary/aromatic N) is 2. The zero-order chi connectivity index (χ0) is 10.0. The van der Waals surface area contributed by atoms with Crippen molar-refractivity contribution in [2.24, 2.45) is 0 Å². The Kier molecular flexibility index (Phi) is 2.71. The van der Waals surface area contributed by atoms with Crippen molar-refractivity contribution >= 4 is 0 Å². The van der Waals surface area contributed by atoms with Gasteiger partial charge in [0.05, 0.1) is 0 Å². The van der Waals surface area contributed by atoms with Gasteiger partial charge in [-0.05, 0) is 0 Å². The van der Waals surface area contributed by atoms with Crippen LogP contribution in [0.15, 0.2) is 11.1 Å². The molecule has 0 fully saturated rings. The monoisotopic (exact) mass is 197 g/mol. The SMILES string of the molecule is O=c1[nH]cnn1C(F)[C@H](O)C(F)F. The Morgan fingerprint density at radius 3 is 2.54 bits per heavy atom. The molecule has 2 N–H and O–H groups in total. The summed E-state index contributed by atoms with van der Waals surface area (Å²) in [5, 5.41) is 11.7. The number of hydrogen-bond acceptors (Lipinski definition) is 3. The molecule has 0 aromatic carbocycles. The van der Waals surface area contributed by atoms with E-state index in [9.17, 15) is 18.0 Å². The molecule has 0 aliphatic rings. The van der Waals surface area contributed by atoms with E-state index in [4.69, 9.17) is 5.11 Å². The first kappa shape index (κ1) is 9.78. The van der Waals surface area contributed by atoms with Crippen molar-refractivity contribution in [1.29, 1.82) is 0 Å². The number of aliphatic hydroxyl groups excluding tert-OH is 1. The molecule has 74 valence electrons. The van der Waals surface area contributed by atoms with Gasteiger partial charge in [0, 0.05) is 0 Å². The Morgan fingerprint density at radius 1 is 1.54 bits per heavy atom. The van der Waals surface area contributed by atoms with E-state index in [-0.39, 0.29) is 4.68 Å². The highest BCUT2D eigenvalue weighted by atomic mass is 19.3. The van der Waals surface area contributed by atoms with Crippen LogP contribution >= 0.6 is 0 Å². The standard InChI is InChI=1S/C5H6F3N3O2/c6-3(7)2(12)4(8)11-5(13)9-1-10-11/h1-4,12H,(H,9,10,13)/t2-,4?/m1/s1. The summed E-state index contributed by atoms with van der Waals surface area (Å²) in [4.78, 5) is 12.6. The second kappa shape index (κ2) is 3.60. The number of rotatable bonds is 3. The lowest BCUT2D eigenvalue weighted by molar-refractivity contribution is -0.0766. The fourth-order valence-electron chi connectivity index (χ4n) is 0.705. The summed E-state index contributed by atoms with van der Waals surface area (Å²) in [6.07, 6.45) is -7.52. The third-order valence-electron chi connectivity index (χ3n) is 1.35. The van der Waals surface area contributed by atoms with Gasteiger partial charge in [-0.25, -0.2) is 18.0 Å². The summed E-state index contributed by atoms with van der Waals surface area (Å²) in [6, 6.07) is 0. The van der Waals surface area contributed by atoms with Crippen LogP contribution in [0.4, 0.5) is 13.2 Å². The van der Waals surface area contributed by atoms with Crippen LogP contribution in [0.3, 0.4) is 0 Å². The van der Waals surface area contributed by atoms with Crippen LogP contribution in [0.25, 0.3) is 0 Å². The lowest BCUT2D eigenvalue weighted by atomic mass is 10.3. The Labute approximate surface area is 69.8 Å². The number of H-pyrrole nitrogens is 1. The predicted octanol–water partition coefficient (Wildman–Crippen LogP) is -0.334. The summed E-state index contributed by atoms with van der Waals surface area (Å²) in [6.45, 7) is 0. The van der Waals surface area contributed by atoms with Crippen LogP contribution in [0.1, 0.15) is 6.30 Å². The van der Waals surface area contributed by atoms with Gasteiger partial charge >= 0.3 is 5.69 Å². The molecule has 1 heterocycles. The molecule has 0 saturated carbocycles. The third-order valence-corrected chi connectivity index (χ3v) is 1.35. The van der Waals surface area contributed by atoms with E-state index < -0.39 is 24.5 Å². The smallest absolute Gasteiger partial charge is 0.345 e. The summed E-state index contributed by atoms with van der Waals surface area (Å²) >= 11 is 0. The van der Waals surface area contributed by atoms with E-state index in [0.29, 0.717) is 0 Å². The molecule has 0 saturated heterocycles. The molecule has 0 aliphatic heterocycles. The van der Waals surface area contributed by atoms with E-state index in [0.717, 1.165) is 6.33 Å². The molecular weight excluding hydrogens is 191 g/mol. The van der Waals surface area contributed by atoms with Gasteiger partial charge in [0.2, 0.25) is 6.30 Å². The quantitative estimate of drug-likeness (QED) is 0.696. The normalized spacial score (nSPS) is 16.1. The molecule has 0 aliphatic carbocycles. The largest absolute Gasteiger partial charge is 0.382 e. The van der Waals surface area contributed by atoms with Crippen molar-refractivity contribution in [3.05, 3.63) is 16.8 Å². The van der Waals surface area contributed by atoms with Gasteiger partial charge in [0.25, 0.3) is 6.43 Å². The molecule has 2 atom stereocenters. The molecule has 1 rings (SSSR count). The first-order valence-corrected chi connectivity index (χ1v) is 3.26. The lowest BCUT2D eigenvalue weighted by Gasteiger charge is -2.13. The number of halogens is 3. The minimum absolute atomic E-state index is 0.108. The zero-order valence-electron chi connectivity index (χ0n) is 6.19. The van der Waals surface area contributed by atoms with Crippen molar-refractivity contribution in [3.63, 3.8) is 0 Å².